The highest BCUT2D eigenvalue weighted by molar-refractivity contribution is 7.99. The number of rotatable bonds is 6. The molecule has 0 spiro atoms. The van der Waals surface area contributed by atoms with Crippen molar-refractivity contribution in [2.75, 3.05) is 19.4 Å². The maximum Gasteiger partial charge on any atom is 0.323 e. The molecule has 0 fully saturated rings. The molecule has 16 heavy (non-hydrogen) atoms. The van der Waals surface area contributed by atoms with Gasteiger partial charge in [0, 0.05) is 12.7 Å². The van der Waals surface area contributed by atoms with Crippen molar-refractivity contribution in [3.05, 3.63) is 5.89 Å². The summed E-state index contributed by atoms with van der Waals surface area (Å²) < 4.78 is 9.86. The molecule has 0 aliphatic rings. The summed E-state index contributed by atoms with van der Waals surface area (Å²) in [7, 11) is 1.37. The van der Waals surface area contributed by atoms with Crippen LogP contribution < -0.4 is 5.32 Å². The van der Waals surface area contributed by atoms with Crippen molar-refractivity contribution >= 4 is 17.7 Å². The van der Waals surface area contributed by atoms with Crippen LogP contribution in [0.15, 0.2) is 9.64 Å². The minimum atomic E-state index is -0.354. The first-order valence-electron chi connectivity index (χ1n) is 4.91. The Morgan fingerprint density at radius 2 is 2.38 bits per heavy atom. The molecule has 1 aromatic heterocycles. The van der Waals surface area contributed by atoms with E-state index in [1.807, 2.05) is 6.92 Å². The van der Waals surface area contributed by atoms with Gasteiger partial charge < -0.3 is 14.5 Å². The molecule has 1 unspecified atom stereocenters. The van der Waals surface area contributed by atoms with E-state index in [4.69, 9.17) is 4.42 Å². The summed E-state index contributed by atoms with van der Waals surface area (Å²) in [4.78, 5) is 11.4. The monoisotopic (exact) mass is 245 g/mol. The second kappa shape index (κ2) is 6.49. The van der Waals surface area contributed by atoms with Crippen LogP contribution in [0, 0.1) is 6.92 Å². The Hall–Kier alpha value is -1.08. The van der Waals surface area contributed by atoms with Crippen LogP contribution in [-0.2, 0) is 9.53 Å². The lowest BCUT2D eigenvalue weighted by Crippen LogP contribution is -2.39. The van der Waals surface area contributed by atoms with Crippen LogP contribution in [0.4, 0.5) is 0 Å². The Balaban J connectivity index is 2.46. The van der Waals surface area contributed by atoms with Gasteiger partial charge in [0.25, 0.3) is 5.22 Å². The van der Waals surface area contributed by atoms with Crippen LogP contribution in [0.2, 0.25) is 0 Å². The van der Waals surface area contributed by atoms with Crippen molar-refractivity contribution in [2.45, 2.75) is 25.1 Å². The second-order valence-corrected chi connectivity index (χ2v) is 4.00. The van der Waals surface area contributed by atoms with Crippen LogP contribution in [0.5, 0.6) is 0 Å². The Bertz CT molecular complexity index is 342. The number of nitrogens with zero attached hydrogens (tertiary/aromatic N) is 2. The molecule has 1 rings (SSSR count). The van der Waals surface area contributed by atoms with E-state index < -0.39 is 0 Å². The van der Waals surface area contributed by atoms with Crippen molar-refractivity contribution in [1.29, 1.82) is 0 Å². The first kappa shape index (κ1) is 13.0. The molecule has 1 heterocycles. The van der Waals surface area contributed by atoms with Gasteiger partial charge in [-0.25, -0.2) is 0 Å². The van der Waals surface area contributed by atoms with Gasteiger partial charge in [0.2, 0.25) is 5.89 Å². The molecule has 0 bridgehead atoms. The number of aromatic nitrogens is 2. The normalized spacial score (nSPS) is 12.4. The molecular weight excluding hydrogens is 230 g/mol. The summed E-state index contributed by atoms with van der Waals surface area (Å²) in [6.45, 7) is 4.35. The third kappa shape index (κ3) is 3.82. The summed E-state index contributed by atoms with van der Waals surface area (Å²) in [5.41, 5.74) is 0. The molecule has 1 N–H and O–H groups in total. The number of hydrogen-bond acceptors (Lipinski definition) is 7. The van der Waals surface area contributed by atoms with E-state index in [1.54, 1.807) is 6.92 Å². The fourth-order valence-corrected chi connectivity index (χ4v) is 1.93. The molecule has 0 amide bonds. The van der Waals surface area contributed by atoms with Gasteiger partial charge in [0.1, 0.15) is 6.04 Å². The van der Waals surface area contributed by atoms with Crippen molar-refractivity contribution in [1.82, 2.24) is 15.5 Å². The highest BCUT2D eigenvalue weighted by Gasteiger charge is 2.19. The molecule has 0 aliphatic heterocycles. The Morgan fingerprint density at radius 3 is 2.88 bits per heavy atom. The quantitative estimate of drug-likeness (QED) is 0.581. The van der Waals surface area contributed by atoms with E-state index in [1.165, 1.54) is 18.9 Å². The molecule has 6 nitrogen and oxygen atoms in total. The summed E-state index contributed by atoms with van der Waals surface area (Å²) in [5.74, 6) is 0.730. The second-order valence-electron chi connectivity index (χ2n) is 3.03. The van der Waals surface area contributed by atoms with Crippen molar-refractivity contribution in [3.63, 3.8) is 0 Å². The lowest BCUT2D eigenvalue weighted by atomic mass is 10.3. The van der Waals surface area contributed by atoms with Crippen molar-refractivity contribution in [2.24, 2.45) is 0 Å². The molecule has 0 saturated carbocycles. The predicted molar refractivity (Wildman–Crippen MR) is 59.2 cm³/mol. The van der Waals surface area contributed by atoms with Gasteiger partial charge in [-0.15, -0.1) is 10.2 Å². The Labute approximate surface area is 98.1 Å². The van der Waals surface area contributed by atoms with Gasteiger partial charge in [-0.05, 0) is 6.54 Å². The van der Waals surface area contributed by atoms with E-state index in [0.29, 0.717) is 23.4 Å². The average molecular weight is 245 g/mol. The summed E-state index contributed by atoms with van der Waals surface area (Å²) in [6.07, 6.45) is 0. The Morgan fingerprint density at radius 1 is 1.62 bits per heavy atom. The highest BCUT2D eigenvalue weighted by Crippen LogP contribution is 2.16. The number of ether oxygens (including phenoxy) is 1. The number of esters is 1. The van der Waals surface area contributed by atoms with Crippen LogP contribution >= 0.6 is 11.8 Å². The zero-order valence-corrected chi connectivity index (χ0v) is 10.3. The Kier molecular flexibility index (Phi) is 5.27. The van der Waals surface area contributed by atoms with E-state index in [-0.39, 0.29) is 12.0 Å². The third-order valence-electron chi connectivity index (χ3n) is 1.82. The first-order chi connectivity index (χ1) is 7.67. The SMILES string of the molecule is CCNC(CSc1nnc(C)o1)C(=O)OC. The van der Waals surface area contributed by atoms with Gasteiger partial charge in [-0.3, -0.25) is 4.79 Å². The minimum Gasteiger partial charge on any atom is -0.468 e. The van der Waals surface area contributed by atoms with Crippen LogP contribution in [0.25, 0.3) is 0 Å². The number of nitrogens with one attached hydrogen (secondary N) is 1. The maximum absolute atomic E-state index is 11.4. The summed E-state index contributed by atoms with van der Waals surface area (Å²) >= 11 is 1.33. The van der Waals surface area contributed by atoms with Crippen LogP contribution in [-0.4, -0.2) is 41.6 Å². The standard InChI is InChI=1S/C9H15N3O3S/c1-4-10-7(8(13)14-3)5-16-9-12-11-6(2)15-9/h7,10H,4-5H2,1-3H3. The summed E-state index contributed by atoms with van der Waals surface area (Å²) in [5, 5.41) is 11.0. The molecule has 0 aliphatic carbocycles. The first-order valence-corrected chi connectivity index (χ1v) is 5.90. The molecule has 1 atom stereocenters. The lowest BCUT2D eigenvalue weighted by molar-refractivity contribution is -0.142. The summed E-state index contributed by atoms with van der Waals surface area (Å²) in [6, 6.07) is -0.354. The van der Waals surface area contributed by atoms with Crippen molar-refractivity contribution < 1.29 is 13.9 Å². The number of methoxy groups -OCH3 is 1. The van der Waals surface area contributed by atoms with Crippen molar-refractivity contribution in [3.8, 4) is 0 Å². The number of aryl methyl sites for hydroxylation is 1. The fourth-order valence-electron chi connectivity index (χ4n) is 1.09. The topological polar surface area (TPSA) is 77.3 Å². The number of carbonyl (C=O) groups excluding carboxylic acids is 1. The number of thioether (sulfide) groups is 1. The van der Waals surface area contributed by atoms with Gasteiger partial charge >= 0.3 is 5.97 Å². The predicted octanol–water partition coefficient (Wildman–Crippen LogP) is 0.621. The highest BCUT2D eigenvalue weighted by atomic mass is 32.2. The molecule has 0 radical (unpaired) electrons. The molecular formula is C9H15N3O3S. The molecule has 1 aromatic rings. The molecule has 0 aromatic carbocycles. The number of likely N-dealkylation sites (N-methyl/N-ethyl adjacent to an activating group) is 1. The van der Waals surface area contributed by atoms with E-state index in [2.05, 4.69) is 20.3 Å². The zero-order chi connectivity index (χ0) is 12.0. The maximum atomic E-state index is 11.4. The molecule has 0 saturated heterocycles. The largest absolute Gasteiger partial charge is 0.468 e. The van der Waals surface area contributed by atoms with Crippen LogP contribution in [0.3, 0.4) is 0 Å². The van der Waals surface area contributed by atoms with Gasteiger partial charge in [0.05, 0.1) is 7.11 Å². The smallest absolute Gasteiger partial charge is 0.323 e. The minimum absolute atomic E-state index is 0.286. The number of carbonyl (C=O) groups is 1. The zero-order valence-electron chi connectivity index (χ0n) is 9.52. The van der Waals surface area contributed by atoms with E-state index >= 15 is 0 Å². The average Bonchev–Trinajstić information content (AvgIpc) is 2.69. The van der Waals surface area contributed by atoms with E-state index in [9.17, 15) is 4.79 Å². The van der Waals surface area contributed by atoms with Gasteiger partial charge in [-0.1, -0.05) is 18.7 Å². The number of hydrogen-bond donors (Lipinski definition) is 1. The van der Waals surface area contributed by atoms with Crippen LogP contribution in [0.1, 0.15) is 12.8 Å². The lowest BCUT2D eigenvalue weighted by Gasteiger charge is -2.13. The molecule has 90 valence electrons. The van der Waals surface area contributed by atoms with E-state index in [0.717, 1.165) is 0 Å². The molecule has 7 heteroatoms. The fraction of sp³-hybridized carbons (Fsp3) is 0.667. The third-order valence-corrected chi connectivity index (χ3v) is 2.73. The van der Waals surface area contributed by atoms with Gasteiger partial charge in [0.15, 0.2) is 0 Å². The van der Waals surface area contributed by atoms with Gasteiger partial charge in [-0.2, -0.15) is 0 Å².